The highest BCUT2D eigenvalue weighted by Gasteiger charge is 2.28. The second-order valence-electron chi connectivity index (χ2n) is 4.03. The molecule has 0 aromatic rings. The van der Waals surface area contributed by atoms with Crippen molar-refractivity contribution in [3.8, 4) is 0 Å². The number of carbonyl (C=O) groups is 2. The molecule has 1 fully saturated rings. The third kappa shape index (κ3) is 3.59. The van der Waals surface area contributed by atoms with Crippen LogP contribution in [-0.2, 0) is 9.59 Å². The lowest BCUT2D eigenvalue weighted by Gasteiger charge is -2.18. The minimum absolute atomic E-state index is 0.149. The molecule has 2 N–H and O–H groups in total. The maximum atomic E-state index is 10.8. The number of hydrogen-bond donors (Lipinski definition) is 2. The van der Waals surface area contributed by atoms with Gasteiger partial charge in [-0.05, 0) is 29.9 Å². The molecule has 0 spiro atoms. The molecule has 0 aliphatic heterocycles. The Kier molecular flexibility index (Phi) is 4.69. The number of hydrogen-bond acceptors (Lipinski definition) is 2. The molecule has 0 aromatic carbocycles. The molecule has 0 bridgehead atoms. The summed E-state index contributed by atoms with van der Waals surface area (Å²) in [6, 6.07) is -0.531. The summed E-state index contributed by atoms with van der Waals surface area (Å²) in [6.45, 7) is 7.44. The maximum absolute atomic E-state index is 10.8. The SMILES string of the molecule is C=C/C(=C(\C=C)C(CC(=O)O)NC=O)C1CC1. The molecule has 92 valence electrons. The van der Waals surface area contributed by atoms with Gasteiger partial charge in [-0.15, -0.1) is 0 Å². The van der Waals surface area contributed by atoms with Gasteiger partial charge in [0.2, 0.25) is 6.41 Å². The van der Waals surface area contributed by atoms with E-state index >= 15 is 0 Å². The van der Waals surface area contributed by atoms with E-state index in [1.165, 1.54) is 0 Å². The fraction of sp³-hybridized carbons (Fsp3) is 0.385. The Bertz CT molecular complexity index is 367. The number of amides is 1. The van der Waals surface area contributed by atoms with Gasteiger partial charge in [-0.1, -0.05) is 25.3 Å². The Morgan fingerprint density at radius 2 is 2.06 bits per heavy atom. The summed E-state index contributed by atoms with van der Waals surface area (Å²) < 4.78 is 0. The highest BCUT2D eigenvalue weighted by Crippen LogP contribution is 2.39. The molecule has 1 aliphatic rings. The molecule has 0 heterocycles. The summed E-state index contributed by atoms with van der Waals surface area (Å²) in [5, 5.41) is 11.3. The Hall–Kier alpha value is -1.84. The second kappa shape index (κ2) is 6.03. The van der Waals surface area contributed by atoms with E-state index in [1.807, 2.05) is 0 Å². The van der Waals surface area contributed by atoms with Crippen LogP contribution < -0.4 is 5.32 Å². The molecule has 4 nitrogen and oxygen atoms in total. The lowest BCUT2D eigenvalue weighted by atomic mass is 9.95. The van der Waals surface area contributed by atoms with Crippen molar-refractivity contribution in [1.29, 1.82) is 0 Å². The van der Waals surface area contributed by atoms with E-state index in [-0.39, 0.29) is 6.42 Å². The van der Waals surface area contributed by atoms with Crippen LogP contribution in [0, 0.1) is 5.92 Å². The zero-order valence-electron chi connectivity index (χ0n) is 9.69. The van der Waals surface area contributed by atoms with Crippen LogP contribution >= 0.6 is 0 Å². The summed E-state index contributed by atoms with van der Waals surface area (Å²) in [7, 11) is 0. The van der Waals surface area contributed by atoms with Crippen molar-refractivity contribution in [2.45, 2.75) is 25.3 Å². The molecule has 1 rings (SSSR count). The van der Waals surface area contributed by atoms with Crippen LogP contribution in [0.1, 0.15) is 19.3 Å². The largest absolute Gasteiger partial charge is 0.481 e. The number of carboxylic acid groups (broad SMARTS) is 1. The molecule has 0 saturated heterocycles. The molecular formula is C13H17NO3. The lowest BCUT2D eigenvalue weighted by Crippen LogP contribution is -2.32. The van der Waals surface area contributed by atoms with Gasteiger partial charge < -0.3 is 10.4 Å². The predicted molar refractivity (Wildman–Crippen MR) is 65.4 cm³/mol. The average molecular weight is 235 g/mol. The van der Waals surface area contributed by atoms with Crippen LogP contribution in [-0.4, -0.2) is 23.5 Å². The van der Waals surface area contributed by atoms with Gasteiger partial charge in [-0.3, -0.25) is 9.59 Å². The van der Waals surface area contributed by atoms with E-state index in [1.54, 1.807) is 12.2 Å². The fourth-order valence-electron chi connectivity index (χ4n) is 1.89. The van der Waals surface area contributed by atoms with Crippen molar-refractivity contribution < 1.29 is 14.7 Å². The maximum Gasteiger partial charge on any atom is 0.305 e. The minimum Gasteiger partial charge on any atom is -0.481 e. The molecule has 0 aromatic heterocycles. The molecule has 1 amide bonds. The van der Waals surface area contributed by atoms with E-state index < -0.39 is 12.0 Å². The summed E-state index contributed by atoms with van der Waals surface area (Å²) in [5.41, 5.74) is 1.76. The zero-order valence-corrected chi connectivity index (χ0v) is 9.69. The van der Waals surface area contributed by atoms with Crippen LogP contribution in [0.4, 0.5) is 0 Å². The van der Waals surface area contributed by atoms with Crippen molar-refractivity contribution in [1.82, 2.24) is 5.32 Å². The summed E-state index contributed by atoms with van der Waals surface area (Å²) in [5.74, 6) is -0.520. The number of carboxylic acids is 1. The third-order valence-electron chi connectivity index (χ3n) is 2.81. The number of allylic oxidation sites excluding steroid dienone is 2. The first-order chi connectivity index (χ1) is 8.13. The Labute approximate surface area is 101 Å². The van der Waals surface area contributed by atoms with E-state index in [0.29, 0.717) is 12.3 Å². The standard InChI is InChI=1S/C13H17NO3/c1-3-10(9-5-6-9)11(4-2)12(14-8-15)7-13(16)17/h3-4,8-9,12H,1-2,5-7H2,(H,14,15)(H,16,17)/b11-10-. The first kappa shape index (κ1) is 13.2. The van der Waals surface area contributed by atoms with Crippen molar-refractivity contribution >= 4 is 12.4 Å². The fourth-order valence-corrected chi connectivity index (χ4v) is 1.89. The molecule has 1 saturated carbocycles. The second-order valence-corrected chi connectivity index (χ2v) is 4.03. The van der Waals surface area contributed by atoms with Gasteiger partial charge in [0, 0.05) is 0 Å². The first-order valence-corrected chi connectivity index (χ1v) is 5.54. The molecular weight excluding hydrogens is 218 g/mol. The zero-order chi connectivity index (χ0) is 12.8. The van der Waals surface area contributed by atoms with E-state index in [4.69, 9.17) is 5.11 Å². The minimum atomic E-state index is -0.956. The quantitative estimate of drug-likeness (QED) is 0.496. The van der Waals surface area contributed by atoms with Crippen LogP contribution in [0.25, 0.3) is 0 Å². The molecule has 1 atom stereocenters. The molecule has 0 radical (unpaired) electrons. The van der Waals surface area contributed by atoms with Crippen molar-refractivity contribution in [2.24, 2.45) is 5.92 Å². The van der Waals surface area contributed by atoms with Crippen LogP contribution in [0.5, 0.6) is 0 Å². The predicted octanol–water partition coefficient (Wildman–Crippen LogP) is 1.65. The van der Waals surface area contributed by atoms with Gasteiger partial charge in [-0.2, -0.15) is 0 Å². The van der Waals surface area contributed by atoms with Crippen LogP contribution in [0.3, 0.4) is 0 Å². The Balaban J connectivity index is 3.00. The smallest absolute Gasteiger partial charge is 0.305 e. The topological polar surface area (TPSA) is 66.4 Å². The third-order valence-corrected chi connectivity index (χ3v) is 2.81. The van der Waals surface area contributed by atoms with Crippen molar-refractivity contribution in [3.63, 3.8) is 0 Å². The summed E-state index contributed by atoms with van der Waals surface area (Å²) >= 11 is 0. The van der Waals surface area contributed by atoms with E-state index in [2.05, 4.69) is 18.5 Å². The number of aliphatic carboxylic acids is 1. The highest BCUT2D eigenvalue weighted by molar-refractivity contribution is 5.69. The van der Waals surface area contributed by atoms with Gasteiger partial charge in [-0.25, -0.2) is 0 Å². The molecule has 4 heteroatoms. The van der Waals surface area contributed by atoms with E-state index in [0.717, 1.165) is 24.0 Å². The Morgan fingerprint density at radius 1 is 1.41 bits per heavy atom. The Morgan fingerprint density at radius 3 is 2.41 bits per heavy atom. The normalized spacial score (nSPS) is 17.6. The van der Waals surface area contributed by atoms with E-state index in [9.17, 15) is 9.59 Å². The van der Waals surface area contributed by atoms with Gasteiger partial charge in [0.25, 0.3) is 0 Å². The van der Waals surface area contributed by atoms with Crippen molar-refractivity contribution in [2.75, 3.05) is 0 Å². The molecule has 17 heavy (non-hydrogen) atoms. The van der Waals surface area contributed by atoms with Gasteiger partial charge in [0.15, 0.2) is 0 Å². The lowest BCUT2D eigenvalue weighted by molar-refractivity contribution is -0.137. The number of carbonyl (C=O) groups excluding carboxylic acids is 1. The van der Waals surface area contributed by atoms with Crippen LogP contribution in [0.2, 0.25) is 0 Å². The van der Waals surface area contributed by atoms with Crippen molar-refractivity contribution in [3.05, 3.63) is 36.5 Å². The first-order valence-electron chi connectivity index (χ1n) is 5.54. The number of nitrogens with one attached hydrogen (secondary N) is 1. The molecule has 1 unspecified atom stereocenters. The molecule has 1 aliphatic carbocycles. The van der Waals surface area contributed by atoms with Gasteiger partial charge >= 0.3 is 5.97 Å². The van der Waals surface area contributed by atoms with Crippen LogP contribution in [0.15, 0.2) is 36.5 Å². The summed E-state index contributed by atoms with van der Waals surface area (Å²) in [4.78, 5) is 21.3. The average Bonchev–Trinajstić information content (AvgIpc) is 3.08. The summed E-state index contributed by atoms with van der Waals surface area (Å²) in [6.07, 6.45) is 5.88. The monoisotopic (exact) mass is 235 g/mol. The van der Waals surface area contributed by atoms with Gasteiger partial charge in [0.1, 0.15) is 0 Å². The highest BCUT2D eigenvalue weighted by atomic mass is 16.4. The number of rotatable bonds is 8. The van der Waals surface area contributed by atoms with Gasteiger partial charge in [0.05, 0.1) is 12.5 Å².